The zero-order valence-electron chi connectivity index (χ0n) is 15.5. The predicted molar refractivity (Wildman–Crippen MR) is 95.7 cm³/mol. The minimum absolute atomic E-state index is 0.0237. The van der Waals surface area contributed by atoms with Gasteiger partial charge < -0.3 is 20.1 Å². The van der Waals surface area contributed by atoms with E-state index in [1.165, 1.54) is 6.07 Å². The number of carbonyl (C=O) groups is 3. The normalized spacial score (nSPS) is 16.2. The molecule has 30 heavy (non-hydrogen) atoms. The van der Waals surface area contributed by atoms with Gasteiger partial charge in [-0.3, -0.25) is 9.69 Å². The maximum Gasteiger partial charge on any atom is 0.414 e. The first-order valence-electron chi connectivity index (χ1n) is 9.00. The third kappa shape index (κ3) is 5.56. The molecule has 0 radical (unpaired) electrons. The highest BCUT2D eigenvalue weighted by atomic mass is 19.1. The fraction of sp³-hybridized carbons (Fsp3) is 0.389. The van der Waals surface area contributed by atoms with Crippen molar-refractivity contribution in [2.45, 2.75) is 24.7 Å². The highest BCUT2D eigenvalue weighted by Gasteiger charge is 2.35. The van der Waals surface area contributed by atoms with E-state index in [1.54, 1.807) is 0 Å². The van der Waals surface area contributed by atoms with Crippen LogP contribution in [0.15, 0.2) is 22.7 Å². The number of benzene rings is 1. The Morgan fingerprint density at radius 2 is 1.80 bits per heavy atom. The highest BCUT2D eigenvalue weighted by molar-refractivity contribution is 6.27. The lowest BCUT2D eigenvalue weighted by Crippen LogP contribution is -2.48. The van der Waals surface area contributed by atoms with Crippen LogP contribution >= 0.6 is 0 Å². The summed E-state index contributed by atoms with van der Waals surface area (Å²) in [5, 5.41) is 21.2. The quantitative estimate of drug-likeness (QED) is 0.607. The predicted octanol–water partition coefficient (Wildman–Crippen LogP) is 1.42. The second kappa shape index (κ2) is 8.95. The first-order chi connectivity index (χ1) is 14.2. The van der Waals surface area contributed by atoms with Gasteiger partial charge in [0.15, 0.2) is 5.82 Å². The molecular weight excluding hydrogens is 406 g/mol. The molecule has 1 saturated carbocycles. The Bertz CT molecular complexity index is 944. The van der Waals surface area contributed by atoms with E-state index in [9.17, 15) is 13.6 Å². The summed E-state index contributed by atoms with van der Waals surface area (Å²) in [5.41, 5.74) is -0.0237. The lowest BCUT2D eigenvalue weighted by molar-refractivity contribution is -0.159. The van der Waals surface area contributed by atoms with Crippen LogP contribution in [0.5, 0.6) is 0 Å². The van der Waals surface area contributed by atoms with E-state index < -0.39 is 23.6 Å². The number of nitrogens with one attached hydrogen (secondary N) is 1. The summed E-state index contributed by atoms with van der Waals surface area (Å²) in [5.74, 6) is -3.46. The van der Waals surface area contributed by atoms with Crippen LogP contribution in [0.3, 0.4) is 0 Å². The molecule has 12 heteroatoms. The van der Waals surface area contributed by atoms with Gasteiger partial charge in [-0.05, 0) is 25.0 Å². The van der Waals surface area contributed by atoms with E-state index in [2.05, 4.69) is 15.5 Å². The number of likely N-dealkylation sites (tertiary alicyclic amines) is 1. The van der Waals surface area contributed by atoms with Crippen molar-refractivity contribution in [3.63, 3.8) is 0 Å². The molecule has 2 aliphatic rings. The maximum atomic E-state index is 13.5. The van der Waals surface area contributed by atoms with Crippen LogP contribution in [-0.4, -0.2) is 62.7 Å². The Morgan fingerprint density at radius 1 is 1.13 bits per heavy atom. The molecule has 2 aromatic rings. The molecule has 1 amide bonds. The number of hydrogen-bond acceptors (Lipinski definition) is 7. The number of carbonyl (C=O) groups excluding carboxylic acids is 1. The van der Waals surface area contributed by atoms with Crippen molar-refractivity contribution < 1.29 is 37.9 Å². The zero-order valence-corrected chi connectivity index (χ0v) is 15.5. The lowest BCUT2D eigenvalue weighted by Gasteiger charge is -2.36. The summed E-state index contributed by atoms with van der Waals surface area (Å²) in [6.07, 6.45) is 2.24. The first-order valence-corrected chi connectivity index (χ1v) is 9.00. The van der Waals surface area contributed by atoms with Crippen molar-refractivity contribution in [2.75, 3.05) is 25.0 Å². The second-order valence-electron chi connectivity index (χ2n) is 6.94. The van der Waals surface area contributed by atoms with Crippen molar-refractivity contribution in [2.24, 2.45) is 0 Å². The van der Waals surface area contributed by atoms with Crippen molar-refractivity contribution in [1.29, 1.82) is 0 Å². The minimum atomic E-state index is -1.82. The first kappa shape index (κ1) is 21.3. The molecular formula is C18H18F2N4O6. The van der Waals surface area contributed by atoms with Gasteiger partial charge in [0.1, 0.15) is 11.6 Å². The Labute approximate surface area is 168 Å². The number of rotatable bonds is 5. The molecule has 2 fully saturated rings. The summed E-state index contributed by atoms with van der Waals surface area (Å²) in [7, 11) is 0. The van der Waals surface area contributed by atoms with Crippen molar-refractivity contribution in [1.82, 2.24) is 15.0 Å². The van der Waals surface area contributed by atoms with Crippen LogP contribution in [0.2, 0.25) is 0 Å². The number of carboxylic acid groups (broad SMARTS) is 2. The Morgan fingerprint density at radius 3 is 2.37 bits per heavy atom. The molecule has 1 aliphatic carbocycles. The molecule has 1 aromatic heterocycles. The summed E-state index contributed by atoms with van der Waals surface area (Å²) >= 11 is 0. The van der Waals surface area contributed by atoms with Crippen LogP contribution in [0, 0.1) is 11.6 Å². The number of aliphatic carboxylic acids is 2. The topological polar surface area (TPSA) is 146 Å². The number of nitrogens with zero attached hydrogens (tertiary/aromatic N) is 3. The standard InChI is InChI=1S/C16H16F2N4O2.C2H2O4/c17-11-3-4-13(12(18)5-11)19-14(23)8-22-6-10(7-22)16-20-15(21-24-16)9-1-2-9;3-1(4)2(5)6/h3-5,9-10H,1-2,6-8H2,(H,19,23);(H,3,4)(H,5,6). The molecule has 2 heterocycles. The molecule has 0 bridgehead atoms. The number of amides is 1. The average molecular weight is 424 g/mol. The number of carboxylic acids is 2. The molecule has 0 atom stereocenters. The van der Waals surface area contributed by atoms with Gasteiger partial charge in [0.05, 0.1) is 18.2 Å². The largest absolute Gasteiger partial charge is 0.473 e. The van der Waals surface area contributed by atoms with Crippen LogP contribution in [0.1, 0.15) is 36.4 Å². The summed E-state index contributed by atoms with van der Waals surface area (Å²) in [6.45, 7) is 1.42. The molecule has 0 spiro atoms. The van der Waals surface area contributed by atoms with Crippen LogP contribution in [-0.2, 0) is 14.4 Å². The molecule has 1 aromatic carbocycles. The van der Waals surface area contributed by atoms with Gasteiger partial charge in [-0.2, -0.15) is 4.98 Å². The lowest BCUT2D eigenvalue weighted by atomic mass is 10.0. The summed E-state index contributed by atoms with van der Waals surface area (Å²) in [4.78, 5) is 36.4. The molecule has 0 unspecified atom stereocenters. The maximum absolute atomic E-state index is 13.5. The van der Waals surface area contributed by atoms with Crippen LogP contribution in [0.4, 0.5) is 14.5 Å². The molecule has 10 nitrogen and oxygen atoms in total. The smallest absolute Gasteiger partial charge is 0.414 e. The second-order valence-corrected chi connectivity index (χ2v) is 6.94. The van der Waals surface area contributed by atoms with Gasteiger partial charge >= 0.3 is 11.9 Å². The molecule has 1 aliphatic heterocycles. The zero-order chi connectivity index (χ0) is 21.8. The Kier molecular flexibility index (Phi) is 6.35. The molecule has 1 saturated heterocycles. The van der Waals surface area contributed by atoms with E-state index >= 15 is 0 Å². The van der Waals surface area contributed by atoms with Crippen LogP contribution < -0.4 is 5.32 Å². The minimum Gasteiger partial charge on any atom is -0.473 e. The van der Waals surface area contributed by atoms with Gasteiger partial charge in [0.25, 0.3) is 0 Å². The Balaban J connectivity index is 0.000000377. The van der Waals surface area contributed by atoms with Crippen molar-refractivity contribution >= 4 is 23.5 Å². The van der Waals surface area contributed by atoms with Gasteiger partial charge in [-0.1, -0.05) is 5.16 Å². The summed E-state index contributed by atoms with van der Waals surface area (Å²) < 4.78 is 31.6. The van der Waals surface area contributed by atoms with Gasteiger partial charge in [0, 0.05) is 25.1 Å². The third-order valence-electron chi connectivity index (χ3n) is 4.46. The van der Waals surface area contributed by atoms with E-state index in [4.69, 9.17) is 24.3 Å². The highest BCUT2D eigenvalue weighted by Crippen LogP contribution is 2.39. The molecule has 3 N–H and O–H groups in total. The number of anilines is 1. The monoisotopic (exact) mass is 424 g/mol. The third-order valence-corrected chi connectivity index (χ3v) is 4.46. The fourth-order valence-electron chi connectivity index (χ4n) is 2.76. The van der Waals surface area contributed by atoms with Gasteiger partial charge in [-0.15, -0.1) is 0 Å². The summed E-state index contributed by atoms with van der Waals surface area (Å²) in [6, 6.07) is 3.05. The van der Waals surface area contributed by atoms with Crippen LogP contribution in [0.25, 0.3) is 0 Å². The van der Waals surface area contributed by atoms with Crippen molar-refractivity contribution in [3.8, 4) is 0 Å². The fourth-order valence-corrected chi connectivity index (χ4v) is 2.76. The average Bonchev–Trinajstić information content (AvgIpc) is 3.38. The van der Waals surface area contributed by atoms with E-state index in [-0.39, 0.29) is 24.1 Å². The van der Waals surface area contributed by atoms with E-state index in [0.717, 1.165) is 30.8 Å². The van der Waals surface area contributed by atoms with E-state index in [1.807, 2.05) is 4.90 Å². The van der Waals surface area contributed by atoms with E-state index in [0.29, 0.717) is 24.9 Å². The van der Waals surface area contributed by atoms with Gasteiger partial charge in [0.2, 0.25) is 11.8 Å². The number of hydrogen-bond donors (Lipinski definition) is 3. The number of aromatic nitrogens is 2. The molecule has 160 valence electrons. The molecule has 4 rings (SSSR count). The number of halogens is 2. The van der Waals surface area contributed by atoms with Gasteiger partial charge in [-0.25, -0.2) is 18.4 Å². The van der Waals surface area contributed by atoms with Crippen molar-refractivity contribution in [3.05, 3.63) is 41.5 Å². The SMILES string of the molecule is O=C(CN1CC(c2nc(C3CC3)no2)C1)Nc1ccc(F)cc1F.O=C(O)C(=O)O. The Hall–Kier alpha value is -3.41.